The number of nitro benzene ring substituents is 1. The van der Waals surface area contributed by atoms with Crippen molar-refractivity contribution < 1.29 is 4.92 Å². The molecule has 0 unspecified atom stereocenters. The highest BCUT2D eigenvalue weighted by atomic mass is 16.6. The van der Waals surface area contributed by atoms with Gasteiger partial charge < -0.3 is 0 Å². The van der Waals surface area contributed by atoms with Gasteiger partial charge in [0.1, 0.15) is 0 Å². The maximum atomic E-state index is 10.7. The summed E-state index contributed by atoms with van der Waals surface area (Å²) in [6.45, 7) is 0. The minimum atomic E-state index is -0.415. The van der Waals surface area contributed by atoms with Crippen molar-refractivity contribution in [3.8, 4) is 11.3 Å². The number of fused-ring (bicyclic) bond motifs is 3. The van der Waals surface area contributed by atoms with Gasteiger partial charge in [-0.2, -0.15) is 0 Å². The monoisotopic (exact) mass is 290 g/mol. The van der Waals surface area contributed by atoms with Crippen LogP contribution in [0.2, 0.25) is 0 Å². The molecule has 0 saturated heterocycles. The Morgan fingerprint density at radius 2 is 1.73 bits per heavy atom. The van der Waals surface area contributed by atoms with E-state index in [1.54, 1.807) is 12.1 Å². The molecule has 22 heavy (non-hydrogen) atoms. The van der Waals surface area contributed by atoms with Crippen molar-refractivity contribution in [1.82, 2.24) is 14.4 Å². The lowest BCUT2D eigenvalue weighted by atomic mass is 10.1. The Hall–Kier alpha value is -3.28. The molecule has 0 aliphatic carbocycles. The number of non-ortho nitro benzene ring substituents is 1. The zero-order valence-corrected chi connectivity index (χ0v) is 11.4. The van der Waals surface area contributed by atoms with Crippen molar-refractivity contribution in [2.24, 2.45) is 0 Å². The number of hydrogen-bond acceptors (Lipinski definition) is 4. The molecular formula is C16H10N4O2. The molecule has 0 aliphatic rings. The van der Waals surface area contributed by atoms with E-state index in [4.69, 9.17) is 0 Å². The van der Waals surface area contributed by atoms with E-state index in [1.165, 1.54) is 12.1 Å². The Morgan fingerprint density at radius 1 is 0.955 bits per heavy atom. The number of aromatic nitrogens is 3. The first kappa shape index (κ1) is 12.5. The summed E-state index contributed by atoms with van der Waals surface area (Å²) in [7, 11) is 0. The van der Waals surface area contributed by atoms with Crippen molar-refractivity contribution in [2.75, 3.05) is 0 Å². The van der Waals surface area contributed by atoms with Crippen molar-refractivity contribution in [1.29, 1.82) is 0 Å². The lowest BCUT2D eigenvalue weighted by Gasteiger charge is -2.01. The van der Waals surface area contributed by atoms with E-state index in [0.29, 0.717) is 5.78 Å². The Labute approximate surface area is 124 Å². The van der Waals surface area contributed by atoms with Crippen molar-refractivity contribution >= 4 is 22.5 Å². The summed E-state index contributed by atoms with van der Waals surface area (Å²) in [5.41, 5.74) is 3.50. The Morgan fingerprint density at radius 3 is 2.50 bits per heavy atom. The van der Waals surface area contributed by atoms with Crippen molar-refractivity contribution in [3.63, 3.8) is 0 Å². The molecule has 4 aromatic rings. The van der Waals surface area contributed by atoms with Gasteiger partial charge in [0.2, 0.25) is 5.78 Å². The van der Waals surface area contributed by atoms with Gasteiger partial charge in [0.15, 0.2) is 0 Å². The highest BCUT2D eigenvalue weighted by molar-refractivity contribution is 5.80. The van der Waals surface area contributed by atoms with Gasteiger partial charge in [-0.3, -0.25) is 14.5 Å². The largest absolute Gasteiger partial charge is 0.284 e. The Kier molecular flexibility index (Phi) is 2.62. The number of benzene rings is 2. The fourth-order valence-corrected chi connectivity index (χ4v) is 2.46. The number of nitrogens with zero attached hydrogens (tertiary/aromatic N) is 4. The number of imidazole rings is 1. The zero-order valence-electron chi connectivity index (χ0n) is 11.4. The van der Waals surface area contributed by atoms with Crippen LogP contribution in [0.5, 0.6) is 0 Å². The van der Waals surface area contributed by atoms with Gasteiger partial charge in [-0.05, 0) is 30.3 Å². The average molecular weight is 290 g/mol. The van der Waals surface area contributed by atoms with Crippen LogP contribution in [0.15, 0.2) is 60.8 Å². The molecule has 2 aromatic heterocycles. The molecule has 0 bridgehead atoms. The molecule has 6 heteroatoms. The molecule has 0 amide bonds. The Balaban J connectivity index is 1.85. The molecule has 0 N–H and O–H groups in total. The zero-order chi connectivity index (χ0) is 15.1. The second-order valence-electron chi connectivity index (χ2n) is 4.89. The summed E-state index contributed by atoms with van der Waals surface area (Å²) in [5, 5.41) is 10.7. The minimum absolute atomic E-state index is 0.0661. The third-order valence-electron chi connectivity index (χ3n) is 3.55. The average Bonchev–Trinajstić information content (AvgIpc) is 2.92. The number of hydrogen-bond donors (Lipinski definition) is 0. The molecule has 106 valence electrons. The lowest BCUT2D eigenvalue weighted by molar-refractivity contribution is -0.384. The molecule has 4 rings (SSSR count). The molecular weight excluding hydrogens is 280 g/mol. The lowest BCUT2D eigenvalue weighted by Crippen LogP contribution is -1.92. The van der Waals surface area contributed by atoms with Crippen LogP contribution in [-0.4, -0.2) is 19.3 Å². The Bertz CT molecular complexity index is 1010. The molecule has 6 nitrogen and oxygen atoms in total. The molecule has 0 aliphatic heterocycles. The minimum Gasteiger partial charge on any atom is -0.284 e. The van der Waals surface area contributed by atoms with Crippen LogP contribution in [0.4, 0.5) is 5.69 Å². The third-order valence-corrected chi connectivity index (χ3v) is 3.55. The van der Waals surface area contributed by atoms with E-state index in [1.807, 2.05) is 40.9 Å². The summed E-state index contributed by atoms with van der Waals surface area (Å²) in [6, 6.07) is 16.0. The highest BCUT2D eigenvalue weighted by Crippen LogP contribution is 2.22. The topological polar surface area (TPSA) is 73.3 Å². The van der Waals surface area contributed by atoms with Gasteiger partial charge in [0.05, 0.1) is 21.7 Å². The molecule has 2 aromatic carbocycles. The van der Waals surface area contributed by atoms with E-state index in [9.17, 15) is 10.1 Å². The van der Waals surface area contributed by atoms with Crippen LogP contribution < -0.4 is 0 Å². The predicted molar refractivity (Wildman–Crippen MR) is 82.6 cm³/mol. The summed E-state index contributed by atoms with van der Waals surface area (Å²) in [4.78, 5) is 19.3. The van der Waals surface area contributed by atoms with E-state index in [-0.39, 0.29) is 5.69 Å². The van der Waals surface area contributed by atoms with Crippen LogP contribution in [0.1, 0.15) is 0 Å². The van der Waals surface area contributed by atoms with E-state index >= 15 is 0 Å². The summed E-state index contributed by atoms with van der Waals surface area (Å²) in [5.74, 6) is 0.608. The van der Waals surface area contributed by atoms with Gasteiger partial charge in [-0.1, -0.05) is 12.1 Å². The first-order valence-electron chi connectivity index (χ1n) is 6.71. The van der Waals surface area contributed by atoms with Gasteiger partial charge in [0.25, 0.3) is 5.69 Å². The summed E-state index contributed by atoms with van der Waals surface area (Å²) >= 11 is 0. The van der Waals surface area contributed by atoms with E-state index < -0.39 is 4.92 Å². The SMILES string of the molecule is O=[N+]([O-])c1ccc(-c2ccn3c(n2)nc2ccccc23)cc1. The number of para-hydroxylation sites is 2. The maximum absolute atomic E-state index is 10.7. The van der Waals surface area contributed by atoms with E-state index in [0.717, 1.165) is 22.3 Å². The van der Waals surface area contributed by atoms with Crippen LogP contribution in [-0.2, 0) is 0 Å². The van der Waals surface area contributed by atoms with Crippen LogP contribution in [0, 0.1) is 10.1 Å². The molecule has 0 saturated carbocycles. The fraction of sp³-hybridized carbons (Fsp3) is 0. The van der Waals surface area contributed by atoms with Crippen LogP contribution >= 0.6 is 0 Å². The third kappa shape index (κ3) is 1.89. The molecule has 0 fully saturated rings. The molecule has 2 heterocycles. The number of nitro groups is 1. The van der Waals surface area contributed by atoms with Gasteiger partial charge >= 0.3 is 0 Å². The quantitative estimate of drug-likeness (QED) is 0.418. The smallest absolute Gasteiger partial charge is 0.269 e. The van der Waals surface area contributed by atoms with Crippen LogP contribution in [0.3, 0.4) is 0 Å². The van der Waals surface area contributed by atoms with Crippen LogP contribution in [0.25, 0.3) is 28.1 Å². The van der Waals surface area contributed by atoms with Crippen molar-refractivity contribution in [2.45, 2.75) is 0 Å². The van der Waals surface area contributed by atoms with Gasteiger partial charge in [-0.15, -0.1) is 0 Å². The standard InChI is InChI=1S/C16H10N4O2/c21-20(22)12-7-5-11(6-8-12)13-9-10-19-15-4-2-1-3-14(15)18-16(19)17-13/h1-10H. The summed E-state index contributed by atoms with van der Waals surface area (Å²) < 4.78 is 1.92. The van der Waals surface area contributed by atoms with Crippen molar-refractivity contribution in [3.05, 3.63) is 70.9 Å². The molecule has 0 atom stereocenters. The summed E-state index contributed by atoms with van der Waals surface area (Å²) in [6.07, 6.45) is 1.91. The van der Waals surface area contributed by atoms with Gasteiger partial charge in [-0.25, -0.2) is 9.97 Å². The highest BCUT2D eigenvalue weighted by Gasteiger charge is 2.09. The van der Waals surface area contributed by atoms with Gasteiger partial charge in [0, 0.05) is 23.9 Å². The normalized spacial score (nSPS) is 11.1. The second kappa shape index (κ2) is 4.63. The maximum Gasteiger partial charge on any atom is 0.269 e. The second-order valence-corrected chi connectivity index (χ2v) is 4.89. The fourth-order valence-electron chi connectivity index (χ4n) is 2.46. The first-order chi connectivity index (χ1) is 10.7. The molecule has 0 radical (unpaired) electrons. The molecule has 0 spiro atoms. The predicted octanol–water partition coefficient (Wildman–Crippen LogP) is 3.46. The number of rotatable bonds is 2. The first-order valence-corrected chi connectivity index (χ1v) is 6.71. The van der Waals surface area contributed by atoms with E-state index in [2.05, 4.69) is 9.97 Å².